The summed E-state index contributed by atoms with van der Waals surface area (Å²) in [5.74, 6) is -4.16. The summed E-state index contributed by atoms with van der Waals surface area (Å²) in [4.78, 5) is 37.6. The molecule has 2 aliphatic rings. The quantitative estimate of drug-likeness (QED) is 0.411. The number of phenols is 3. The Morgan fingerprint density at radius 2 is 1.68 bits per heavy atom. The van der Waals surface area contributed by atoms with Crippen molar-refractivity contribution < 1.29 is 39.9 Å². The molecule has 5 N–H and O–H groups in total. The number of phenolic OH excluding ortho intramolecular Hbond substituents is 3. The molecule has 0 unspecified atom stereocenters. The number of ketones is 3. The maximum Gasteiger partial charge on any atom is 0.202 e. The monoisotopic (exact) mass is 382 g/mol. The van der Waals surface area contributed by atoms with Crippen molar-refractivity contribution in [3.8, 4) is 17.2 Å². The van der Waals surface area contributed by atoms with Gasteiger partial charge in [0.15, 0.2) is 11.6 Å². The maximum atomic E-state index is 12.9. The van der Waals surface area contributed by atoms with Crippen LogP contribution in [-0.2, 0) is 4.79 Å². The average molecular weight is 382 g/mol. The van der Waals surface area contributed by atoms with Gasteiger partial charge in [-0.3, -0.25) is 14.4 Å². The van der Waals surface area contributed by atoms with Crippen LogP contribution in [0.3, 0.4) is 0 Å². The number of hydrogen-bond acceptors (Lipinski definition) is 8. The number of aliphatic hydroxyl groups is 2. The highest BCUT2D eigenvalue weighted by Gasteiger charge is 2.41. The summed E-state index contributed by atoms with van der Waals surface area (Å²) in [6.45, 7) is -0.810. The summed E-state index contributed by atoms with van der Waals surface area (Å²) in [5.41, 5.74) is -1.79. The van der Waals surface area contributed by atoms with Crippen molar-refractivity contribution in [1.29, 1.82) is 0 Å². The van der Waals surface area contributed by atoms with Gasteiger partial charge in [-0.25, -0.2) is 0 Å². The molecular weight excluding hydrogens is 368 g/mol. The molecule has 0 saturated carbocycles. The lowest BCUT2D eigenvalue weighted by Gasteiger charge is -2.28. The van der Waals surface area contributed by atoms with Crippen molar-refractivity contribution in [3.05, 3.63) is 57.2 Å². The van der Waals surface area contributed by atoms with E-state index in [0.717, 1.165) is 0 Å². The number of carbonyl (C=O) groups is 3. The molecule has 2 aliphatic carbocycles. The Kier molecular flexibility index (Phi) is 3.84. The molecule has 0 radical (unpaired) electrons. The van der Waals surface area contributed by atoms with Crippen molar-refractivity contribution in [2.75, 3.05) is 6.61 Å². The summed E-state index contributed by atoms with van der Waals surface area (Å²) < 4.78 is 0. The normalized spacial score (nSPS) is 17.5. The average Bonchev–Trinajstić information content (AvgIpc) is 2.67. The molecule has 2 aromatic rings. The summed E-state index contributed by atoms with van der Waals surface area (Å²) in [7, 11) is 0. The molecule has 2 aromatic carbocycles. The van der Waals surface area contributed by atoms with E-state index in [1.165, 1.54) is 24.3 Å². The molecule has 28 heavy (non-hydrogen) atoms. The molecule has 8 heteroatoms. The number of aromatic hydroxyl groups is 3. The molecule has 0 heterocycles. The van der Waals surface area contributed by atoms with Crippen LogP contribution in [0.2, 0.25) is 0 Å². The van der Waals surface area contributed by atoms with E-state index in [1.54, 1.807) is 0 Å². The standard InChI is InChI=1S/C20H14O8/c21-6-12(24)7-4-9-14(11(23)5-7)20(28)16-15(18(9)26)17(25)8-2-1-3-10(22)13(8)19(16)27/h1-4,11,21-23,26,28H,5-6H2/t11-/m0/s1. The van der Waals surface area contributed by atoms with Crippen molar-refractivity contribution in [3.63, 3.8) is 0 Å². The third-order valence-electron chi connectivity index (χ3n) is 5.06. The Morgan fingerprint density at radius 1 is 1.00 bits per heavy atom. The Labute approximate surface area is 157 Å². The van der Waals surface area contributed by atoms with Crippen molar-refractivity contribution in [1.82, 2.24) is 0 Å². The minimum Gasteiger partial charge on any atom is -0.507 e. The number of fused-ring (bicyclic) bond motifs is 3. The Morgan fingerprint density at radius 3 is 2.36 bits per heavy atom. The van der Waals surface area contributed by atoms with E-state index in [0.29, 0.717) is 0 Å². The SMILES string of the molecule is O=C(CO)C1=Cc2c(O)c3c(c(O)c2[C@@H](O)C1)C(=O)c1c(O)cccc1C3=O. The van der Waals surface area contributed by atoms with Gasteiger partial charge >= 0.3 is 0 Å². The van der Waals surface area contributed by atoms with Crippen LogP contribution in [0.1, 0.15) is 55.5 Å². The van der Waals surface area contributed by atoms with Gasteiger partial charge in [-0.1, -0.05) is 12.1 Å². The number of Topliss-reactive ketones (excluding diaryl/α,β-unsaturated/α-hetero) is 1. The predicted octanol–water partition coefficient (Wildman–Crippen LogP) is 0.961. The topological polar surface area (TPSA) is 152 Å². The number of rotatable bonds is 2. The summed E-state index contributed by atoms with van der Waals surface area (Å²) in [6.07, 6.45) is -0.524. The molecule has 4 rings (SSSR count). The second-order valence-electron chi connectivity index (χ2n) is 6.60. The third-order valence-corrected chi connectivity index (χ3v) is 5.06. The highest BCUT2D eigenvalue weighted by Crippen LogP contribution is 2.49. The molecule has 0 amide bonds. The van der Waals surface area contributed by atoms with Crippen LogP contribution in [0.25, 0.3) is 6.08 Å². The third kappa shape index (κ3) is 2.22. The summed E-state index contributed by atoms with van der Waals surface area (Å²) in [5, 5.41) is 50.8. The van der Waals surface area contributed by atoms with Crippen molar-refractivity contribution in [2.45, 2.75) is 12.5 Å². The van der Waals surface area contributed by atoms with Gasteiger partial charge in [0.2, 0.25) is 5.78 Å². The van der Waals surface area contributed by atoms with Gasteiger partial charge in [0.05, 0.1) is 22.8 Å². The van der Waals surface area contributed by atoms with Crippen molar-refractivity contribution >= 4 is 23.4 Å². The van der Waals surface area contributed by atoms with E-state index in [-0.39, 0.29) is 34.2 Å². The van der Waals surface area contributed by atoms with E-state index in [2.05, 4.69) is 0 Å². The van der Waals surface area contributed by atoms with Crippen LogP contribution in [0.5, 0.6) is 17.2 Å². The first kappa shape index (κ1) is 17.9. The van der Waals surface area contributed by atoms with Crippen LogP contribution in [-0.4, -0.2) is 49.5 Å². The Hall–Kier alpha value is -3.49. The lowest BCUT2D eigenvalue weighted by molar-refractivity contribution is -0.118. The minimum absolute atomic E-state index is 0.00443. The summed E-state index contributed by atoms with van der Waals surface area (Å²) >= 11 is 0. The van der Waals surface area contributed by atoms with Crippen LogP contribution in [0, 0.1) is 0 Å². The van der Waals surface area contributed by atoms with Crippen LogP contribution < -0.4 is 0 Å². The first-order valence-corrected chi connectivity index (χ1v) is 8.33. The van der Waals surface area contributed by atoms with E-state index in [1.807, 2.05) is 0 Å². The molecule has 0 aliphatic heterocycles. The highest BCUT2D eigenvalue weighted by molar-refractivity contribution is 6.31. The molecule has 0 bridgehead atoms. The molecule has 0 fully saturated rings. The van der Waals surface area contributed by atoms with Gasteiger partial charge in [0, 0.05) is 28.7 Å². The van der Waals surface area contributed by atoms with Crippen LogP contribution >= 0.6 is 0 Å². The Balaban J connectivity index is 2.06. The van der Waals surface area contributed by atoms with Crippen LogP contribution in [0.4, 0.5) is 0 Å². The number of benzene rings is 2. The molecule has 142 valence electrons. The zero-order chi connectivity index (χ0) is 20.3. The van der Waals surface area contributed by atoms with Gasteiger partial charge in [0.1, 0.15) is 23.9 Å². The summed E-state index contributed by atoms with van der Waals surface area (Å²) in [6, 6.07) is 3.88. The first-order valence-electron chi connectivity index (χ1n) is 8.33. The number of hydrogen-bond donors (Lipinski definition) is 5. The fourth-order valence-electron chi connectivity index (χ4n) is 3.75. The minimum atomic E-state index is -1.45. The zero-order valence-corrected chi connectivity index (χ0v) is 14.3. The molecule has 0 spiro atoms. The number of aliphatic hydroxyl groups excluding tert-OH is 2. The zero-order valence-electron chi connectivity index (χ0n) is 14.3. The molecule has 8 nitrogen and oxygen atoms in total. The first-order chi connectivity index (χ1) is 13.3. The fraction of sp³-hybridized carbons (Fsp3) is 0.150. The van der Waals surface area contributed by atoms with Gasteiger partial charge in [-0.2, -0.15) is 0 Å². The van der Waals surface area contributed by atoms with Gasteiger partial charge in [-0.05, 0) is 12.1 Å². The van der Waals surface area contributed by atoms with Gasteiger partial charge < -0.3 is 25.5 Å². The van der Waals surface area contributed by atoms with E-state index in [4.69, 9.17) is 5.11 Å². The highest BCUT2D eigenvalue weighted by atomic mass is 16.3. The fourth-order valence-corrected chi connectivity index (χ4v) is 3.75. The smallest absolute Gasteiger partial charge is 0.202 e. The van der Waals surface area contributed by atoms with Gasteiger partial charge in [-0.15, -0.1) is 0 Å². The molecular formula is C20H14O8. The molecule has 0 aromatic heterocycles. The van der Waals surface area contributed by atoms with E-state index in [9.17, 15) is 34.8 Å². The van der Waals surface area contributed by atoms with Crippen molar-refractivity contribution in [2.24, 2.45) is 0 Å². The van der Waals surface area contributed by atoms with E-state index >= 15 is 0 Å². The molecule has 0 saturated heterocycles. The molecule has 1 atom stereocenters. The lowest BCUT2D eigenvalue weighted by atomic mass is 9.77. The maximum absolute atomic E-state index is 12.9. The number of carbonyl (C=O) groups excluding carboxylic acids is 3. The predicted molar refractivity (Wildman–Crippen MR) is 94.4 cm³/mol. The lowest BCUT2D eigenvalue weighted by Crippen LogP contribution is -2.24. The Bertz CT molecular complexity index is 1130. The van der Waals surface area contributed by atoms with Gasteiger partial charge in [0.25, 0.3) is 0 Å². The second kappa shape index (κ2) is 6.01. The van der Waals surface area contributed by atoms with E-state index < -0.39 is 58.4 Å². The second-order valence-corrected chi connectivity index (χ2v) is 6.60. The largest absolute Gasteiger partial charge is 0.507 e. The van der Waals surface area contributed by atoms with Crippen LogP contribution in [0.15, 0.2) is 23.8 Å².